The van der Waals surface area contributed by atoms with E-state index < -0.39 is 11.9 Å². The van der Waals surface area contributed by atoms with Gasteiger partial charge in [0.15, 0.2) is 0 Å². The number of hydrogen-bond acceptors (Lipinski definition) is 4. The van der Waals surface area contributed by atoms with Crippen LogP contribution < -0.4 is 10.5 Å². The number of carboxylic acids is 2. The van der Waals surface area contributed by atoms with Gasteiger partial charge in [0, 0.05) is 5.56 Å². The summed E-state index contributed by atoms with van der Waals surface area (Å²) < 4.78 is 5.79. The minimum atomic E-state index is -1.82. The third kappa shape index (κ3) is 3.08. The van der Waals surface area contributed by atoms with Crippen molar-refractivity contribution in [3.05, 3.63) is 28.3 Å². The molecule has 0 amide bonds. The van der Waals surface area contributed by atoms with E-state index >= 15 is 0 Å². The smallest absolute Gasteiger partial charge is 0.414 e. The minimum Gasteiger partial charge on any atom is -0.488 e. The van der Waals surface area contributed by atoms with Crippen LogP contribution in [0.15, 0.2) is 6.07 Å². The van der Waals surface area contributed by atoms with Crippen molar-refractivity contribution < 1.29 is 24.5 Å². The van der Waals surface area contributed by atoms with Crippen LogP contribution in [0.5, 0.6) is 5.75 Å². The van der Waals surface area contributed by atoms with Gasteiger partial charge in [0.2, 0.25) is 0 Å². The second-order valence-corrected chi connectivity index (χ2v) is 4.84. The maximum atomic E-state index is 9.10. The van der Waals surface area contributed by atoms with Crippen LogP contribution in [-0.4, -0.2) is 28.3 Å². The first-order chi connectivity index (χ1) is 9.16. The number of carbonyl (C=O) groups is 2. The van der Waals surface area contributed by atoms with Crippen molar-refractivity contribution in [2.24, 2.45) is 5.73 Å². The Labute approximate surface area is 117 Å². The molecule has 6 nitrogen and oxygen atoms in total. The second-order valence-electron chi connectivity index (χ2n) is 4.84. The Bertz CT molecular complexity index is 541. The number of aliphatic carboxylic acids is 2. The Morgan fingerprint density at radius 3 is 2.10 bits per heavy atom. The molecule has 2 atom stereocenters. The average molecular weight is 281 g/mol. The van der Waals surface area contributed by atoms with Crippen molar-refractivity contribution >= 4 is 11.9 Å². The third-order valence-corrected chi connectivity index (χ3v) is 3.36. The van der Waals surface area contributed by atoms with Crippen LogP contribution in [0, 0.1) is 20.8 Å². The van der Waals surface area contributed by atoms with Crippen molar-refractivity contribution in [1.82, 2.24) is 0 Å². The molecule has 1 aliphatic heterocycles. The molecule has 2 unspecified atom stereocenters. The van der Waals surface area contributed by atoms with Gasteiger partial charge < -0.3 is 20.7 Å². The highest BCUT2D eigenvalue weighted by atomic mass is 16.5. The van der Waals surface area contributed by atoms with E-state index in [1.165, 1.54) is 22.3 Å². The number of carboxylic acid groups (broad SMARTS) is 2. The minimum absolute atomic E-state index is 0.0318. The highest BCUT2D eigenvalue weighted by Crippen LogP contribution is 2.41. The fraction of sp³-hybridized carbons (Fsp3) is 0.429. The van der Waals surface area contributed by atoms with Crippen LogP contribution in [0.25, 0.3) is 0 Å². The number of nitrogens with two attached hydrogens (primary N) is 1. The van der Waals surface area contributed by atoms with Crippen LogP contribution in [0.1, 0.15) is 35.2 Å². The number of benzene rings is 1. The highest BCUT2D eigenvalue weighted by Gasteiger charge is 2.31. The number of ether oxygens (including phenoxy) is 1. The molecule has 0 spiro atoms. The van der Waals surface area contributed by atoms with E-state index in [-0.39, 0.29) is 12.1 Å². The van der Waals surface area contributed by atoms with Crippen LogP contribution in [0.3, 0.4) is 0 Å². The molecule has 1 aromatic rings. The molecule has 1 aromatic carbocycles. The largest absolute Gasteiger partial charge is 0.488 e. The molecule has 0 saturated heterocycles. The first-order valence-corrected chi connectivity index (χ1v) is 6.16. The predicted octanol–water partition coefficient (Wildman–Crippen LogP) is 1.55. The lowest BCUT2D eigenvalue weighted by Crippen LogP contribution is -2.21. The van der Waals surface area contributed by atoms with Gasteiger partial charge in [-0.25, -0.2) is 9.59 Å². The molecule has 6 heteroatoms. The Balaban J connectivity index is 0.000000286. The zero-order valence-electron chi connectivity index (χ0n) is 11.9. The number of hydrogen-bond donors (Lipinski definition) is 3. The summed E-state index contributed by atoms with van der Waals surface area (Å²) in [5, 5.41) is 14.8. The van der Waals surface area contributed by atoms with Gasteiger partial charge in [-0.1, -0.05) is 6.07 Å². The monoisotopic (exact) mass is 281 g/mol. The number of rotatable bonds is 0. The lowest BCUT2D eigenvalue weighted by molar-refractivity contribution is -0.159. The van der Waals surface area contributed by atoms with Crippen molar-refractivity contribution in [3.8, 4) is 5.75 Å². The summed E-state index contributed by atoms with van der Waals surface area (Å²) in [5.74, 6) is -2.63. The van der Waals surface area contributed by atoms with Gasteiger partial charge in [-0.3, -0.25) is 0 Å². The molecule has 2 rings (SSSR count). The van der Waals surface area contributed by atoms with Gasteiger partial charge in [0.05, 0.1) is 6.04 Å². The van der Waals surface area contributed by atoms with Gasteiger partial charge >= 0.3 is 11.9 Å². The summed E-state index contributed by atoms with van der Waals surface area (Å²) in [7, 11) is 0. The Kier molecular flexibility index (Phi) is 4.73. The molecule has 110 valence electrons. The molecule has 0 saturated carbocycles. The second kappa shape index (κ2) is 5.92. The highest BCUT2D eigenvalue weighted by molar-refractivity contribution is 6.27. The summed E-state index contributed by atoms with van der Waals surface area (Å²) >= 11 is 0. The van der Waals surface area contributed by atoms with E-state index in [9.17, 15) is 0 Å². The summed E-state index contributed by atoms with van der Waals surface area (Å²) in [4.78, 5) is 18.2. The maximum absolute atomic E-state index is 9.10. The quantitative estimate of drug-likeness (QED) is 0.622. The van der Waals surface area contributed by atoms with E-state index in [2.05, 4.69) is 26.8 Å². The van der Waals surface area contributed by atoms with Crippen LogP contribution in [-0.2, 0) is 9.59 Å². The summed E-state index contributed by atoms with van der Waals surface area (Å²) in [6.45, 7) is 8.34. The molecule has 0 aromatic heterocycles. The standard InChI is InChI=1S/C12H17NO.C2H2O4/c1-6-5-7(2)10-11(13)9(4)14-12(10)8(6)3;3-1(4)2(5)6/h5,9,11H,13H2,1-4H3;(H,3,4)(H,5,6). The first kappa shape index (κ1) is 16.0. The summed E-state index contributed by atoms with van der Waals surface area (Å²) in [6, 6.07) is 2.22. The van der Waals surface area contributed by atoms with Gasteiger partial charge in [-0.2, -0.15) is 0 Å². The molecule has 1 heterocycles. The van der Waals surface area contributed by atoms with Crippen LogP contribution >= 0.6 is 0 Å². The topological polar surface area (TPSA) is 110 Å². The van der Waals surface area contributed by atoms with Gasteiger partial charge in [0.25, 0.3) is 0 Å². The normalized spacial score (nSPS) is 19.4. The number of fused-ring (bicyclic) bond motifs is 1. The van der Waals surface area contributed by atoms with Crippen molar-refractivity contribution in [2.45, 2.75) is 39.8 Å². The van der Waals surface area contributed by atoms with Crippen LogP contribution in [0.4, 0.5) is 0 Å². The maximum Gasteiger partial charge on any atom is 0.414 e. The summed E-state index contributed by atoms with van der Waals surface area (Å²) in [6.07, 6.45) is 0.101. The van der Waals surface area contributed by atoms with Gasteiger partial charge in [0.1, 0.15) is 11.9 Å². The molecule has 20 heavy (non-hydrogen) atoms. The summed E-state index contributed by atoms with van der Waals surface area (Å²) in [5.41, 5.74) is 11.0. The van der Waals surface area contributed by atoms with E-state index in [1.807, 2.05) is 6.92 Å². The van der Waals surface area contributed by atoms with Crippen LogP contribution in [0.2, 0.25) is 0 Å². The fourth-order valence-corrected chi connectivity index (χ4v) is 2.13. The predicted molar refractivity (Wildman–Crippen MR) is 72.9 cm³/mol. The molecule has 0 bridgehead atoms. The molecular formula is C14H19NO5. The molecule has 0 aliphatic carbocycles. The zero-order valence-corrected chi connectivity index (χ0v) is 11.9. The van der Waals surface area contributed by atoms with E-state index in [4.69, 9.17) is 30.3 Å². The van der Waals surface area contributed by atoms with Gasteiger partial charge in [-0.15, -0.1) is 0 Å². The fourth-order valence-electron chi connectivity index (χ4n) is 2.13. The zero-order chi connectivity index (χ0) is 15.6. The Hall–Kier alpha value is -2.08. The molecular weight excluding hydrogens is 262 g/mol. The number of aryl methyl sites for hydroxylation is 2. The van der Waals surface area contributed by atoms with E-state index in [0.29, 0.717) is 0 Å². The SMILES string of the molecule is Cc1cc(C)c2c(c1C)OC(C)C2N.O=C(O)C(=O)O. The Morgan fingerprint density at radius 2 is 1.65 bits per heavy atom. The third-order valence-electron chi connectivity index (χ3n) is 3.36. The molecule has 0 radical (unpaired) electrons. The van der Waals surface area contributed by atoms with Crippen molar-refractivity contribution in [3.63, 3.8) is 0 Å². The lowest BCUT2D eigenvalue weighted by Gasteiger charge is -2.10. The lowest BCUT2D eigenvalue weighted by atomic mass is 9.95. The van der Waals surface area contributed by atoms with E-state index in [1.54, 1.807) is 0 Å². The molecule has 1 aliphatic rings. The van der Waals surface area contributed by atoms with Crippen molar-refractivity contribution in [2.75, 3.05) is 0 Å². The average Bonchev–Trinajstić information content (AvgIpc) is 2.64. The molecule has 4 N–H and O–H groups in total. The first-order valence-electron chi connectivity index (χ1n) is 6.16. The molecule has 0 fully saturated rings. The van der Waals surface area contributed by atoms with E-state index in [0.717, 1.165) is 5.75 Å². The Morgan fingerprint density at radius 1 is 1.15 bits per heavy atom. The van der Waals surface area contributed by atoms with Crippen molar-refractivity contribution in [1.29, 1.82) is 0 Å². The van der Waals surface area contributed by atoms with Gasteiger partial charge in [-0.05, 0) is 44.4 Å².